The maximum absolute atomic E-state index is 3.75. The van der Waals surface area contributed by atoms with Gasteiger partial charge in [-0.25, -0.2) is 0 Å². The Morgan fingerprint density at radius 2 is 1.58 bits per heavy atom. The Labute approximate surface area is 121 Å². The summed E-state index contributed by atoms with van der Waals surface area (Å²) in [7, 11) is 0. The van der Waals surface area contributed by atoms with Crippen LogP contribution in [0.3, 0.4) is 0 Å². The minimum absolute atomic E-state index is 0.277. The minimum atomic E-state index is 0.277. The van der Waals surface area contributed by atoms with Gasteiger partial charge in [0.15, 0.2) is 0 Å². The molecule has 1 rings (SSSR count). The summed E-state index contributed by atoms with van der Waals surface area (Å²) >= 11 is 0. The largest absolute Gasteiger partial charge is 0.312 e. The van der Waals surface area contributed by atoms with Gasteiger partial charge < -0.3 is 5.32 Å². The second kappa shape index (κ2) is 9.00. The Kier molecular flexibility index (Phi) is 8.06. The zero-order chi connectivity index (χ0) is 14.1. The molecule has 1 nitrogen and oxygen atoms in total. The lowest BCUT2D eigenvalue weighted by Crippen LogP contribution is -2.40. The van der Waals surface area contributed by atoms with Crippen molar-refractivity contribution in [3.05, 3.63) is 0 Å². The average molecular weight is 268 g/mol. The smallest absolute Gasteiger partial charge is 0.00966 e. The molecule has 1 saturated carbocycles. The van der Waals surface area contributed by atoms with Crippen LogP contribution in [0.15, 0.2) is 0 Å². The van der Waals surface area contributed by atoms with Crippen LogP contribution in [0, 0.1) is 11.8 Å². The summed E-state index contributed by atoms with van der Waals surface area (Å²) in [6, 6.07) is 0. The van der Waals surface area contributed by atoms with Crippen LogP contribution < -0.4 is 5.32 Å². The van der Waals surface area contributed by atoms with Crippen molar-refractivity contribution in [3.8, 4) is 0 Å². The molecule has 114 valence electrons. The molecule has 0 bridgehead atoms. The van der Waals surface area contributed by atoms with Crippen LogP contribution >= 0.6 is 0 Å². The van der Waals surface area contributed by atoms with Crippen molar-refractivity contribution >= 4 is 0 Å². The van der Waals surface area contributed by atoms with E-state index in [-0.39, 0.29) is 5.54 Å². The van der Waals surface area contributed by atoms with E-state index < -0.39 is 0 Å². The number of rotatable bonds is 7. The number of unbranched alkanes of at least 4 members (excludes halogenated alkanes) is 3. The van der Waals surface area contributed by atoms with Crippen molar-refractivity contribution < 1.29 is 0 Å². The van der Waals surface area contributed by atoms with Crippen LogP contribution in [0.4, 0.5) is 0 Å². The first-order chi connectivity index (χ1) is 9.03. The highest BCUT2D eigenvalue weighted by Crippen LogP contribution is 2.32. The molecule has 0 aliphatic heterocycles. The van der Waals surface area contributed by atoms with E-state index in [1.54, 1.807) is 0 Å². The third-order valence-electron chi connectivity index (χ3n) is 4.64. The molecule has 1 aliphatic rings. The Morgan fingerprint density at radius 1 is 0.895 bits per heavy atom. The van der Waals surface area contributed by atoms with E-state index >= 15 is 0 Å². The van der Waals surface area contributed by atoms with E-state index in [9.17, 15) is 0 Å². The van der Waals surface area contributed by atoms with Gasteiger partial charge in [0.25, 0.3) is 0 Å². The molecule has 2 unspecified atom stereocenters. The Balaban J connectivity index is 2.37. The molecule has 0 heterocycles. The van der Waals surface area contributed by atoms with Crippen LogP contribution in [-0.4, -0.2) is 12.1 Å². The first kappa shape index (κ1) is 17.0. The van der Waals surface area contributed by atoms with E-state index in [4.69, 9.17) is 0 Å². The zero-order valence-electron chi connectivity index (χ0n) is 13.9. The van der Waals surface area contributed by atoms with E-state index in [2.05, 4.69) is 33.0 Å². The molecule has 0 aromatic heterocycles. The molecular weight excluding hydrogens is 230 g/mol. The van der Waals surface area contributed by atoms with Gasteiger partial charge in [0.05, 0.1) is 0 Å². The second-order valence-electron chi connectivity index (χ2n) is 7.64. The lowest BCUT2D eigenvalue weighted by molar-refractivity contribution is 0.253. The molecule has 1 fully saturated rings. The molecule has 2 atom stereocenters. The fraction of sp³-hybridized carbons (Fsp3) is 1.00. The molecule has 1 N–H and O–H groups in total. The third-order valence-corrected chi connectivity index (χ3v) is 4.64. The molecule has 0 saturated heterocycles. The Morgan fingerprint density at radius 3 is 2.21 bits per heavy atom. The van der Waals surface area contributed by atoms with Crippen molar-refractivity contribution in [1.29, 1.82) is 0 Å². The Hall–Kier alpha value is -0.0400. The van der Waals surface area contributed by atoms with Crippen molar-refractivity contribution in [2.45, 2.75) is 97.4 Å². The van der Waals surface area contributed by atoms with Crippen molar-refractivity contribution in [2.24, 2.45) is 11.8 Å². The predicted octanol–water partition coefficient (Wildman–Crippen LogP) is 5.54. The number of hydrogen-bond acceptors (Lipinski definition) is 1. The van der Waals surface area contributed by atoms with Gasteiger partial charge in [-0.3, -0.25) is 0 Å². The maximum atomic E-state index is 3.75. The van der Waals surface area contributed by atoms with Crippen LogP contribution in [0.5, 0.6) is 0 Å². The van der Waals surface area contributed by atoms with Crippen LogP contribution in [0.2, 0.25) is 0 Å². The summed E-state index contributed by atoms with van der Waals surface area (Å²) in [6.07, 6.45) is 14.5. The van der Waals surface area contributed by atoms with E-state index in [1.165, 1.54) is 70.8 Å². The fourth-order valence-corrected chi connectivity index (χ4v) is 3.38. The van der Waals surface area contributed by atoms with Gasteiger partial charge >= 0.3 is 0 Å². The van der Waals surface area contributed by atoms with E-state index in [0.717, 1.165) is 11.8 Å². The van der Waals surface area contributed by atoms with E-state index in [1.807, 2.05) is 0 Å². The Bertz CT molecular complexity index is 216. The SMILES string of the molecule is CCCCCCC1CCCCCC1CNC(C)(C)C. The normalized spacial score (nSPS) is 25.3. The lowest BCUT2D eigenvalue weighted by atomic mass is 9.83. The molecule has 19 heavy (non-hydrogen) atoms. The summed E-state index contributed by atoms with van der Waals surface area (Å²) in [5.41, 5.74) is 0.277. The highest BCUT2D eigenvalue weighted by atomic mass is 14.9. The predicted molar refractivity (Wildman–Crippen MR) is 86.6 cm³/mol. The van der Waals surface area contributed by atoms with Crippen molar-refractivity contribution in [3.63, 3.8) is 0 Å². The molecule has 1 aliphatic carbocycles. The van der Waals surface area contributed by atoms with Gasteiger partial charge in [-0.15, -0.1) is 0 Å². The molecule has 0 aromatic carbocycles. The molecule has 0 spiro atoms. The fourth-order valence-electron chi connectivity index (χ4n) is 3.38. The number of hydrogen-bond donors (Lipinski definition) is 1. The summed E-state index contributed by atoms with van der Waals surface area (Å²) < 4.78 is 0. The molecule has 0 amide bonds. The quantitative estimate of drug-likeness (QED) is 0.471. The summed E-state index contributed by atoms with van der Waals surface area (Å²) in [5.74, 6) is 1.93. The topological polar surface area (TPSA) is 12.0 Å². The summed E-state index contributed by atoms with van der Waals surface area (Å²) in [5, 5.41) is 3.75. The summed E-state index contributed by atoms with van der Waals surface area (Å²) in [4.78, 5) is 0. The summed E-state index contributed by atoms with van der Waals surface area (Å²) in [6.45, 7) is 10.4. The first-order valence-corrected chi connectivity index (χ1v) is 8.78. The van der Waals surface area contributed by atoms with Crippen LogP contribution in [0.25, 0.3) is 0 Å². The molecule has 0 aromatic rings. The standard InChI is InChI=1S/C18H37N/c1-5-6-7-9-12-16-13-10-8-11-14-17(16)15-19-18(2,3)4/h16-17,19H,5-15H2,1-4H3. The highest BCUT2D eigenvalue weighted by molar-refractivity contribution is 4.79. The monoisotopic (exact) mass is 267 g/mol. The third kappa shape index (κ3) is 7.97. The first-order valence-electron chi connectivity index (χ1n) is 8.78. The van der Waals surface area contributed by atoms with Crippen molar-refractivity contribution in [2.75, 3.05) is 6.54 Å². The molecular formula is C18H37N. The van der Waals surface area contributed by atoms with Gasteiger partial charge in [-0.1, -0.05) is 64.7 Å². The van der Waals surface area contributed by atoms with Gasteiger partial charge in [0, 0.05) is 5.54 Å². The van der Waals surface area contributed by atoms with Crippen molar-refractivity contribution in [1.82, 2.24) is 5.32 Å². The zero-order valence-corrected chi connectivity index (χ0v) is 13.9. The molecule has 1 heteroatoms. The highest BCUT2D eigenvalue weighted by Gasteiger charge is 2.24. The lowest BCUT2D eigenvalue weighted by Gasteiger charge is -2.30. The van der Waals surface area contributed by atoms with Gasteiger partial charge in [0.2, 0.25) is 0 Å². The minimum Gasteiger partial charge on any atom is -0.312 e. The van der Waals surface area contributed by atoms with Gasteiger partial charge in [-0.2, -0.15) is 0 Å². The van der Waals surface area contributed by atoms with Crippen LogP contribution in [-0.2, 0) is 0 Å². The maximum Gasteiger partial charge on any atom is 0.00966 e. The molecule has 0 radical (unpaired) electrons. The van der Waals surface area contributed by atoms with E-state index in [0.29, 0.717) is 0 Å². The van der Waals surface area contributed by atoms with Gasteiger partial charge in [0.1, 0.15) is 0 Å². The second-order valence-corrected chi connectivity index (χ2v) is 7.64. The average Bonchev–Trinajstić information content (AvgIpc) is 2.56. The van der Waals surface area contributed by atoms with Crippen LogP contribution in [0.1, 0.15) is 91.9 Å². The number of nitrogens with one attached hydrogen (secondary N) is 1. The van der Waals surface area contributed by atoms with Gasteiger partial charge in [-0.05, 0) is 45.6 Å².